The summed E-state index contributed by atoms with van der Waals surface area (Å²) in [6.45, 7) is 4.74. The zero-order valence-corrected chi connectivity index (χ0v) is 23.3. The fourth-order valence-corrected chi connectivity index (χ4v) is 5.55. The van der Waals surface area contributed by atoms with Crippen molar-refractivity contribution in [1.29, 1.82) is 0 Å². The van der Waals surface area contributed by atoms with Crippen LogP contribution in [-0.2, 0) is 17.3 Å². The van der Waals surface area contributed by atoms with E-state index in [4.69, 9.17) is 18.9 Å². The topological polar surface area (TPSA) is 57.2 Å². The molecule has 9 heteroatoms. The Balaban J connectivity index is 1.42. The lowest BCUT2D eigenvalue weighted by Crippen LogP contribution is -2.21. The van der Waals surface area contributed by atoms with Crippen LogP contribution in [0.25, 0.3) is 11.1 Å². The van der Waals surface area contributed by atoms with Crippen molar-refractivity contribution in [3.8, 4) is 28.4 Å². The van der Waals surface area contributed by atoms with Crippen LogP contribution in [0.2, 0.25) is 0 Å². The van der Waals surface area contributed by atoms with Gasteiger partial charge < -0.3 is 24.1 Å². The molecule has 2 atom stereocenters. The molecule has 0 aromatic heterocycles. The molecular formula is C32H34F4O5. The van der Waals surface area contributed by atoms with E-state index in [9.17, 15) is 18.3 Å². The second-order valence-electron chi connectivity index (χ2n) is 11.2. The quantitative estimate of drug-likeness (QED) is 0.252. The van der Waals surface area contributed by atoms with E-state index in [-0.39, 0.29) is 30.1 Å². The Hall–Kier alpha value is -3.30. The number of benzene rings is 3. The number of fused-ring (bicyclic) bond motifs is 2. The Morgan fingerprint density at radius 1 is 1.00 bits per heavy atom. The molecule has 1 aliphatic heterocycles. The fraction of sp³-hybridized carbons (Fsp3) is 0.438. The third kappa shape index (κ3) is 6.46. The van der Waals surface area contributed by atoms with Gasteiger partial charge in [-0.15, -0.1) is 0 Å². The molecule has 2 aliphatic rings. The molecule has 1 N–H and O–H groups in total. The summed E-state index contributed by atoms with van der Waals surface area (Å²) in [6.07, 6.45) is -3.69. The van der Waals surface area contributed by atoms with Gasteiger partial charge in [0, 0.05) is 43.2 Å². The van der Waals surface area contributed by atoms with Gasteiger partial charge in [0.25, 0.3) is 0 Å². The Kier molecular flexibility index (Phi) is 8.21. The molecule has 0 spiro atoms. The Morgan fingerprint density at radius 2 is 1.73 bits per heavy atom. The van der Waals surface area contributed by atoms with Crippen LogP contribution in [0, 0.1) is 5.82 Å². The maximum Gasteiger partial charge on any atom is 0.417 e. The summed E-state index contributed by atoms with van der Waals surface area (Å²) in [5, 5.41) is 9.86. The normalized spacial score (nSPS) is 18.1. The third-order valence-electron chi connectivity index (χ3n) is 7.65. The van der Waals surface area contributed by atoms with Crippen molar-refractivity contribution in [2.24, 2.45) is 0 Å². The summed E-state index contributed by atoms with van der Waals surface area (Å²) < 4.78 is 80.6. The largest absolute Gasteiger partial charge is 0.493 e. The van der Waals surface area contributed by atoms with Gasteiger partial charge in [-0.25, -0.2) is 4.39 Å². The number of alkyl halides is 3. The van der Waals surface area contributed by atoms with Crippen LogP contribution >= 0.6 is 0 Å². The highest BCUT2D eigenvalue weighted by Crippen LogP contribution is 2.48. The summed E-state index contributed by atoms with van der Waals surface area (Å²) >= 11 is 0. The standard InChI is InChI=1S/C32H34F4O5/c1-31(2,37)13-15-39-21-6-4-19(5-7-21)29-24-10-11-27(30(24)26(33)17-25(29)32(34,35)36)41-22-8-9-23-20(12-14-38-3)18-40-28(23)16-22/h4-9,16-17,20,27,37H,10-15,18H2,1-3H3. The van der Waals surface area contributed by atoms with Gasteiger partial charge in [-0.2, -0.15) is 13.2 Å². The lowest BCUT2D eigenvalue weighted by molar-refractivity contribution is -0.137. The molecule has 0 saturated heterocycles. The minimum atomic E-state index is -4.75. The van der Waals surface area contributed by atoms with Gasteiger partial charge in [-0.3, -0.25) is 0 Å². The molecule has 0 radical (unpaired) electrons. The van der Waals surface area contributed by atoms with Gasteiger partial charge in [-0.1, -0.05) is 18.2 Å². The fourth-order valence-electron chi connectivity index (χ4n) is 5.55. The number of hydrogen-bond acceptors (Lipinski definition) is 5. The Labute approximate surface area is 237 Å². The average Bonchev–Trinajstić information content (AvgIpc) is 3.51. The summed E-state index contributed by atoms with van der Waals surface area (Å²) in [7, 11) is 1.65. The van der Waals surface area contributed by atoms with E-state index in [0.29, 0.717) is 60.5 Å². The molecule has 5 rings (SSSR count). The number of aliphatic hydroxyl groups is 1. The van der Waals surface area contributed by atoms with Crippen LogP contribution in [0.15, 0.2) is 48.5 Å². The van der Waals surface area contributed by atoms with Gasteiger partial charge in [0.05, 0.1) is 24.4 Å². The van der Waals surface area contributed by atoms with Crippen LogP contribution in [0.5, 0.6) is 17.2 Å². The van der Waals surface area contributed by atoms with Crippen LogP contribution in [0.1, 0.15) is 67.4 Å². The van der Waals surface area contributed by atoms with Gasteiger partial charge in [0.1, 0.15) is 29.2 Å². The van der Waals surface area contributed by atoms with E-state index in [1.54, 1.807) is 57.4 Å². The molecule has 0 saturated carbocycles. The first-order valence-corrected chi connectivity index (χ1v) is 13.7. The maximum atomic E-state index is 15.4. The second-order valence-corrected chi connectivity index (χ2v) is 11.2. The third-order valence-corrected chi connectivity index (χ3v) is 7.65. The zero-order chi connectivity index (χ0) is 29.4. The molecule has 1 heterocycles. The van der Waals surface area contributed by atoms with Crippen molar-refractivity contribution < 1.29 is 41.6 Å². The summed E-state index contributed by atoms with van der Waals surface area (Å²) in [6, 6.07) is 12.3. The number of methoxy groups -OCH3 is 1. The molecule has 2 unspecified atom stereocenters. The molecule has 5 nitrogen and oxygen atoms in total. The first-order chi connectivity index (χ1) is 19.4. The van der Waals surface area contributed by atoms with E-state index in [0.717, 1.165) is 12.0 Å². The monoisotopic (exact) mass is 574 g/mol. The lowest BCUT2D eigenvalue weighted by Gasteiger charge is -2.21. The van der Waals surface area contributed by atoms with E-state index < -0.39 is 29.3 Å². The van der Waals surface area contributed by atoms with E-state index in [2.05, 4.69) is 0 Å². The SMILES string of the molecule is COCCC1COc2cc(OC3CCc4c(-c5ccc(OCCC(C)(C)O)cc5)c(C(F)(F)F)cc(F)c43)ccc21. The van der Waals surface area contributed by atoms with E-state index in [1.165, 1.54) is 0 Å². The van der Waals surface area contributed by atoms with Crippen molar-refractivity contribution in [3.05, 3.63) is 76.6 Å². The van der Waals surface area contributed by atoms with E-state index in [1.807, 2.05) is 6.07 Å². The van der Waals surface area contributed by atoms with Crippen molar-refractivity contribution in [1.82, 2.24) is 0 Å². The number of hydrogen-bond donors (Lipinski definition) is 1. The molecule has 1 aliphatic carbocycles. The summed E-state index contributed by atoms with van der Waals surface area (Å²) in [5.41, 5.74) is -0.129. The highest BCUT2D eigenvalue weighted by Gasteiger charge is 2.40. The minimum Gasteiger partial charge on any atom is -0.493 e. The van der Waals surface area contributed by atoms with Crippen molar-refractivity contribution in [2.75, 3.05) is 26.9 Å². The average molecular weight is 575 g/mol. The molecule has 0 fully saturated rings. The molecule has 0 bridgehead atoms. The van der Waals surface area contributed by atoms with Crippen LogP contribution in [0.3, 0.4) is 0 Å². The predicted molar refractivity (Wildman–Crippen MR) is 146 cm³/mol. The molecule has 41 heavy (non-hydrogen) atoms. The molecular weight excluding hydrogens is 540 g/mol. The minimum absolute atomic E-state index is 0.0405. The van der Waals surface area contributed by atoms with Crippen molar-refractivity contribution >= 4 is 0 Å². The smallest absolute Gasteiger partial charge is 0.417 e. The van der Waals surface area contributed by atoms with Gasteiger partial charge in [0.2, 0.25) is 0 Å². The number of ether oxygens (including phenoxy) is 4. The summed E-state index contributed by atoms with van der Waals surface area (Å²) in [4.78, 5) is 0. The molecule has 3 aromatic rings. The molecule has 3 aromatic carbocycles. The Bertz CT molecular complexity index is 1380. The van der Waals surface area contributed by atoms with Crippen LogP contribution < -0.4 is 14.2 Å². The van der Waals surface area contributed by atoms with Crippen molar-refractivity contribution in [3.63, 3.8) is 0 Å². The van der Waals surface area contributed by atoms with Gasteiger partial charge >= 0.3 is 6.18 Å². The Morgan fingerprint density at radius 3 is 2.41 bits per heavy atom. The number of rotatable bonds is 10. The van der Waals surface area contributed by atoms with Crippen molar-refractivity contribution in [2.45, 2.75) is 63.3 Å². The second kappa shape index (κ2) is 11.5. The lowest BCUT2D eigenvalue weighted by atomic mass is 9.91. The van der Waals surface area contributed by atoms with Gasteiger partial charge in [0.15, 0.2) is 0 Å². The molecule has 220 valence electrons. The highest BCUT2D eigenvalue weighted by molar-refractivity contribution is 5.75. The predicted octanol–water partition coefficient (Wildman–Crippen LogP) is 7.63. The van der Waals surface area contributed by atoms with E-state index >= 15 is 4.39 Å². The maximum absolute atomic E-state index is 15.4. The highest BCUT2D eigenvalue weighted by atomic mass is 19.4. The zero-order valence-electron chi connectivity index (χ0n) is 23.3. The first-order valence-electron chi connectivity index (χ1n) is 13.7. The first kappa shape index (κ1) is 29.2. The molecule has 0 amide bonds. The number of halogens is 4. The summed E-state index contributed by atoms with van der Waals surface area (Å²) in [5.74, 6) is 0.921. The van der Waals surface area contributed by atoms with Gasteiger partial charge in [-0.05, 0) is 74.1 Å². The van der Waals surface area contributed by atoms with Crippen LogP contribution in [0.4, 0.5) is 17.6 Å². The van der Waals surface area contributed by atoms with Crippen LogP contribution in [-0.4, -0.2) is 37.6 Å².